The van der Waals surface area contributed by atoms with Gasteiger partial charge in [0, 0.05) is 21.5 Å². The summed E-state index contributed by atoms with van der Waals surface area (Å²) in [6, 6.07) is 40.9. The second kappa shape index (κ2) is 8.93. The molecule has 206 valence electrons. The molecule has 0 radical (unpaired) electrons. The fourth-order valence-electron chi connectivity index (χ4n) is 6.60. The summed E-state index contributed by atoms with van der Waals surface area (Å²) in [6.45, 7) is 0. The normalized spacial score (nSPS) is 14.2. The standard InChI is InChI=1S/C38H24O4S/c39-43(40)21-27-11-9-23(25-14-16-37-34(19-25)30-6-2-4-8-36(30)41-37)17-32(27)33-18-24(10-12-28(33)22-43)26-13-15-31-29-5-1-3-7-35(29)42-38(31)20-26/h1-20H,21-22H2. The number of benzene rings is 6. The largest absolute Gasteiger partial charge is 0.456 e. The Kier molecular flexibility index (Phi) is 5.08. The van der Waals surface area contributed by atoms with Crippen LogP contribution in [0.1, 0.15) is 11.1 Å². The van der Waals surface area contributed by atoms with Gasteiger partial charge in [-0.1, -0.05) is 72.8 Å². The Bertz CT molecular complexity index is 2530. The smallest absolute Gasteiger partial charge is 0.158 e. The quantitative estimate of drug-likeness (QED) is 0.205. The van der Waals surface area contributed by atoms with E-state index in [0.717, 1.165) is 88.4 Å². The highest BCUT2D eigenvalue weighted by Gasteiger charge is 2.25. The van der Waals surface area contributed by atoms with Crippen LogP contribution < -0.4 is 0 Å². The van der Waals surface area contributed by atoms with Gasteiger partial charge in [0.2, 0.25) is 0 Å². The Labute approximate surface area is 247 Å². The topological polar surface area (TPSA) is 60.4 Å². The number of hydrogen-bond acceptors (Lipinski definition) is 4. The molecule has 2 aromatic heterocycles. The highest BCUT2D eigenvalue weighted by atomic mass is 32.2. The van der Waals surface area contributed by atoms with Gasteiger partial charge in [0.05, 0.1) is 11.5 Å². The molecule has 1 aliphatic heterocycles. The summed E-state index contributed by atoms with van der Waals surface area (Å²) in [5.41, 5.74) is 11.1. The zero-order valence-corrected chi connectivity index (χ0v) is 23.8. The molecule has 0 aliphatic carbocycles. The first-order valence-electron chi connectivity index (χ1n) is 14.3. The molecule has 0 saturated heterocycles. The van der Waals surface area contributed by atoms with Gasteiger partial charge in [0.25, 0.3) is 0 Å². The van der Waals surface area contributed by atoms with Gasteiger partial charge in [-0.05, 0) is 93.0 Å². The lowest BCUT2D eigenvalue weighted by molar-refractivity contribution is 0.595. The van der Waals surface area contributed by atoms with E-state index in [-0.39, 0.29) is 11.5 Å². The van der Waals surface area contributed by atoms with Crippen molar-refractivity contribution in [1.29, 1.82) is 0 Å². The molecule has 0 atom stereocenters. The predicted molar refractivity (Wildman–Crippen MR) is 174 cm³/mol. The van der Waals surface area contributed by atoms with Crippen LogP contribution >= 0.6 is 0 Å². The minimum absolute atomic E-state index is 0.0161. The Hall–Kier alpha value is -5.13. The molecule has 9 rings (SSSR count). The lowest BCUT2D eigenvalue weighted by Gasteiger charge is -2.13. The molecule has 4 nitrogen and oxygen atoms in total. The Morgan fingerprint density at radius 3 is 1.56 bits per heavy atom. The fourth-order valence-corrected chi connectivity index (χ4v) is 8.15. The van der Waals surface area contributed by atoms with Crippen molar-refractivity contribution in [3.05, 3.63) is 132 Å². The zero-order valence-electron chi connectivity index (χ0n) is 23.0. The lowest BCUT2D eigenvalue weighted by atomic mass is 9.90. The van der Waals surface area contributed by atoms with Gasteiger partial charge in [-0.25, -0.2) is 8.42 Å². The summed E-state index contributed by atoms with van der Waals surface area (Å²) in [7, 11) is -3.32. The fraction of sp³-hybridized carbons (Fsp3) is 0.0526. The third-order valence-electron chi connectivity index (χ3n) is 8.68. The molecule has 1 aliphatic rings. The van der Waals surface area contributed by atoms with Crippen molar-refractivity contribution in [2.24, 2.45) is 0 Å². The molecule has 0 spiro atoms. The summed E-state index contributed by atoms with van der Waals surface area (Å²) in [5, 5.41) is 4.32. The molecule has 0 saturated carbocycles. The van der Waals surface area contributed by atoms with Crippen LogP contribution in [0.25, 0.3) is 77.3 Å². The van der Waals surface area contributed by atoms with Gasteiger partial charge in [-0.2, -0.15) is 0 Å². The minimum Gasteiger partial charge on any atom is -0.456 e. The van der Waals surface area contributed by atoms with Crippen molar-refractivity contribution in [2.75, 3.05) is 0 Å². The van der Waals surface area contributed by atoms with Crippen molar-refractivity contribution >= 4 is 53.7 Å². The van der Waals surface area contributed by atoms with Crippen LogP contribution in [-0.4, -0.2) is 8.42 Å². The number of para-hydroxylation sites is 2. The maximum atomic E-state index is 13.2. The monoisotopic (exact) mass is 576 g/mol. The van der Waals surface area contributed by atoms with Crippen molar-refractivity contribution in [3.8, 4) is 33.4 Å². The zero-order chi connectivity index (χ0) is 28.7. The number of hydrogen-bond donors (Lipinski definition) is 0. The Balaban J connectivity index is 1.21. The third-order valence-corrected chi connectivity index (χ3v) is 10.2. The van der Waals surface area contributed by atoms with Crippen molar-refractivity contribution in [3.63, 3.8) is 0 Å². The van der Waals surface area contributed by atoms with Crippen LogP contribution in [0.4, 0.5) is 0 Å². The first-order valence-corrected chi connectivity index (χ1v) is 16.1. The molecule has 5 heteroatoms. The highest BCUT2D eigenvalue weighted by Crippen LogP contribution is 2.41. The van der Waals surface area contributed by atoms with Crippen LogP contribution in [-0.2, 0) is 21.3 Å². The summed E-state index contributed by atoms with van der Waals surface area (Å²) < 4.78 is 38.5. The third kappa shape index (κ3) is 3.93. The van der Waals surface area contributed by atoms with Gasteiger partial charge in [-0.15, -0.1) is 0 Å². The molecule has 43 heavy (non-hydrogen) atoms. The second-order valence-electron chi connectivity index (χ2n) is 11.4. The van der Waals surface area contributed by atoms with Crippen molar-refractivity contribution < 1.29 is 17.3 Å². The predicted octanol–water partition coefficient (Wildman–Crippen LogP) is 9.91. The first-order chi connectivity index (χ1) is 21.0. The van der Waals surface area contributed by atoms with Crippen LogP contribution in [0, 0.1) is 0 Å². The van der Waals surface area contributed by atoms with Crippen molar-refractivity contribution in [2.45, 2.75) is 11.5 Å². The van der Waals surface area contributed by atoms with Crippen molar-refractivity contribution in [1.82, 2.24) is 0 Å². The van der Waals surface area contributed by atoms with E-state index in [0.29, 0.717) is 0 Å². The summed E-state index contributed by atoms with van der Waals surface area (Å²) in [5.74, 6) is 0.0329. The van der Waals surface area contributed by atoms with E-state index in [1.54, 1.807) is 0 Å². The Morgan fingerprint density at radius 1 is 0.419 bits per heavy atom. The molecule has 0 amide bonds. The maximum absolute atomic E-state index is 13.2. The highest BCUT2D eigenvalue weighted by molar-refractivity contribution is 7.89. The number of rotatable bonds is 2. The molecule has 0 fully saturated rings. The van der Waals surface area contributed by atoms with Gasteiger partial charge in [0.1, 0.15) is 22.3 Å². The number of sulfone groups is 1. The minimum atomic E-state index is -3.32. The van der Waals surface area contributed by atoms with E-state index in [4.69, 9.17) is 8.83 Å². The van der Waals surface area contributed by atoms with E-state index in [1.807, 2.05) is 66.7 Å². The van der Waals surface area contributed by atoms with E-state index < -0.39 is 9.84 Å². The summed E-state index contributed by atoms with van der Waals surface area (Å²) in [6.07, 6.45) is 0. The molecular formula is C38H24O4S. The van der Waals surface area contributed by atoms with Crippen LogP contribution in [0.3, 0.4) is 0 Å². The molecule has 6 aromatic carbocycles. The van der Waals surface area contributed by atoms with E-state index in [2.05, 4.69) is 54.6 Å². The van der Waals surface area contributed by atoms with Crippen LogP contribution in [0.15, 0.2) is 130 Å². The number of fused-ring (bicyclic) bond motifs is 9. The molecule has 0 N–H and O–H groups in total. The maximum Gasteiger partial charge on any atom is 0.158 e. The average molecular weight is 577 g/mol. The molecule has 0 bridgehead atoms. The van der Waals surface area contributed by atoms with Gasteiger partial charge < -0.3 is 8.83 Å². The van der Waals surface area contributed by atoms with E-state index >= 15 is 0 Å². The summed E-state index contributed by atoms with van der Waals surface area (Å²) >= 11 is 0. The SMILES string of the molecule is O=S1(=O)Cc2ccc(-c3ccc4c(c3)oc3ccccc34)cc2-c2cc(-c3ccc4oc5ccccc5c4c3)ccc2C1. The van der Waals surface area contributed by atoms with Crippen LogP contribution in [0.5, 0.6) is 0 Å². The van der Waals surface area contributed by atoms with E-state index in [9.17, 15) is 8.42 Å². The lowest BCUT2D eigenvalue weighted by Crippen LogP contribution is -2.05. The molecule has 3 heterocycles. The number of furan rings is 2. The average Bonchev–Trinajstić information content (AvgIpc) is 3.55. The summed E-state index contributed by atoms with van der Waals surface area (Å²) in [4.78, 5) is 0. The van der Waals surface area contributed by atoms with E-state index in [1.165, 1.54) is 0 Å². The second-order valence-corrected chi connectivity index (χ2v) is 13.5. The molecular weight excluding hydrogens is 552 g/mol. The van der Waals surface area contributed by atoms with Gasteiger partial charge in [-0.3, -0.25) is 0 Å². The van der Waals surface area contributed by atoms with Gasteiger partial charge >= 0.3 is 0 Å². The Morgan fingerprint density at radius 2 is 0.884 bits per heavy atom. The first kappa shape index (κ1) is 24.5. The molecule has 8 aromatic rings. The van der Waals surface area contributed by atoms with Crippen LogP contribution in [0.2, 0.25) is 0 Å². The molecule has 0 unspecified atom stereocenters. The van der Waals surface area contributed by atoms with Gasteiger partial charge in [0.15, 0.2) is 9.84 Å².